The molecule has 0 saturated heterocycles. The molecule has 5 nitrogen and oxygen atoms in total. The average molecular weight is 258 g/mol. The van der Waals surface area contributed by atoms with Crippen LogP contribution in [-0.4, -0.2) is 45.5 Å². The third kappa shape index (κ3) is 5.25. The second kappa shape index (κ2) is 8.16. The van der Waals surface area contributed by atoms with E-state index in [2.05, 4.69) is 10.6 Å². The minimum atomic E-state index is -0.182. The molecule has 1 aromatic rings. The molecule has 1 aromatic heterocycles. The maximum absolute atomic E-state index is 11.6. The summed E-state index contributed by atoms with van der Waals surface area (Å²) in [5, 5.41) is 6.65. The van der Waals surface area contributed by atoms with E-state index >= 15 is 0 Å². The average Bonchev–Trinajstić information content (AvgIpc) is 2.82. The van der Waals surface area contributed by atoms with Gasteiger partial charge in [-0.25, -0.2) is 0 Å². The van der Waals surface area contributed by atoms with Crippen LogP contribution in [0.5, 0.6) is 0 Å². The first-order valence-corrected chi connectivity index (χ1v) is 6.62. The number of nitrogens with one attached hydrogen (secondary N) is 2. The van der Waals surface area contributed by atoms with Gasteiger partial charge in [0.25, 0.3) is 5.91 Å². The molecule has 0 aliphatic carbocycles. The highest BCUT2D eigenvalue weighted by atomic mass is 32.2. The fourth-order valence-corrected chi connectivity index (χ4v) is 1.58. The molecule has 0 spiro atoms. The number of hydrogen-bond acceptors (Lipinski definition) is 5. The van der Waals surface area contributed by atoms with Crippen molar-refractivity contribution >= 4 is 17.7 Å². The summed E-state index contributed by atoms with van der Waals surface area (Å²) in [4.78, 5) is 11.6. The van der Waals surface area contributed by atoms with Crippen molar-refractivity contribution in [3.05, 3.63) is 17.9 Å². The van der Waals surface area contributed by atoms with Gasteiger partial charge in [-0.3, -0.25) is 4.79 Å². The van der Waals surface area contributed by atoms with E-state index < -0.39 is 0 Å². The van der Waals surface area contributed by atoms with Gasteiger partial charge in [0.15, 0.2) is 10.9 Å². The van der Waals surface area contributed by atoms with Gasteiger partial charge in [-0.2, -0.15) is 0 Å². The van der Waals surface area contributed by atoms with Crippen molar-refractivity contribution < 1.29 is 13.9 Å². The smallest absolute Gasteiger partial charge is 0.287 e. The van der Waals surface area contributed by atoms with Crippen LogP contribution in [0.25, 0.3) is 0 Å². The van der Waals surface area contributed by atoms with Gasteiger partial charge in [-0.15, -0.1) is 0 Å². The highest BCUT2D eigenvalue weighted by Crippen LogP contribution is 2.17. The molecular weight excluding hydrogens is 240 g/mol. The van der Waals surface area contributed by atoms with Crippen molar-refractivity contribution in [1.29, 1.82) is 0 Å². The highest BCUT2D eigenvalue weighted by molar-refractivity contribution is 7.98. The van der Waals surface area contributed by atoms with E-state index in [0.717, 1.165) is 11.6 Å². The molecule has 0 fully saturated rings. The number of methoxy groups -OCH3 is 1. The summed E-state index contributed by atoms with van der Waals surface area (Å²) in [5.74, 6) is 0.171. The predicted molar refractivity (Wildman–Crippen MR) is 67.6 cm³/mol. The van der Waals surface area contributed by atoms with Crippen molar-refractivity contribution in [2.24, 2.45) is 0 Å². The van der Waals surface area contributed by atoms with Crippen LogP contribution in [0.4, 0.5) is 0 Å². The monoisotopic (exact) mass is 258 g/mol. The van der Waals surface area contributed by atoms with E-state index in [0.29, 0.717) is 25.5 Å². The molecule has 0 aliphatic rings. The molecule has 1 amide bonds. The maximum Gasteiger partial charge on any atom is 0.287 e. The van der Waals surface area contributed by atoms with Crippen LogP contribution in [0, 0.1) is 0 Å². The summed E-state index contributed by atoms with van der Waals surface area (Å²) in [6.45, 7) is 2.73. The molecule has 0 bridgehead atoms. The van der Waals surface area contributed by atoms with E-state index in [-0.39, 0.29) is 5.91 Å². The maximum atomic E-state index is 11.6. The number of hydrogen-bond donors (Lipinski definition) is 2. The standard InChI is InChI=1S/C11H18N2O3S/c1-15-8-7-12-5-6-13-11(14)9-3-4-10(16-9)17-2/h3-4,12H,5-8H2,1-2H3,(H,13,14). The highest BCUT2D eigenvalue weighted by Gasteiger charge is 2.09. The molecule has 96 valence electrons. The Morgan fingerprint density at radius 2 is 2.24 bits per heavy atom. The van der Waals surface area contributed by atoms with Crippen molar-refractivity contribution in [3.8, 4) is 0 Å². The predicted octanol–water partition coefficient (Wildman–Crippen LogP) is 0.967. The molecule has 0 aromatic carbocycles. The van der Waals surface area contributed by atoms with Gasteiger partial charge in [0, 0.05) is 26.7 Å². The summed E-state index contributed by atoms with van der Waals surface area (Å²) < 4.78 is 10.2. The molecule has 1 heterocycles. The summed E-state index contributed by atoms with van der Waals surface area (Å²) in [6.07, 6.45) is 1.90. The number of furan rings is 1. The quantitative estimate of drug-likeness (QED) is 0.537. The van der Waals surface area contributed by atoms with Crippen molar-refractivity contribution in [1.82, 2.24) is 10.6 Å². The Hall–Kier alpha value is -0.980. The lowest BCUT2D eigenvalue weighted by molar-refractivity contribution is 0.0921. The van der Waals surface area contributed by atoms with Crippen LogP contribution >= 0.6 is 11.8 Å². The minimum Gasteiger partial charge on any atom is -0.445 e. The molecule has 2 N–H and O–H groups in total. The SMILES string of the molecule is COCCNCCNC(=O)c1ccc(SC)o1. The van der Waals surface area contributed by atoms with Crippen molar-refractivity contribution in [2.45, 2.75) is 5.09 Å². The van der Waals surface area contributed by atoms with Crippen molar-refractivity contribution in [3.63, 3.8) is 0 Å². The van der Waals surface area contributed by atoms with Gasteiger partial charge in [0.05, 0.1) is 6.61 Å². The van der Waals surface area contributed by atoms with E-state index in [1.54, 1.807) is 19.2 Å². The molecule has 0 radical (unpaired) electrons. The second-order valence-electron chi connectivity index (χ2n) is 3.32. The van der Waals surface area contributed by atoms with E-state index in [4.69, 9.17) is 9.15 Å². The Morgan fingerprint density at radius 3 is 2.88 bits per heavy atom. The van der Waals surface area contributed by atoms with E-state index in [1.165, 1.54) is 11.8 Å². The number of amides is 1. The summed E-state index contributed by atoms with van der Waals surface area (Å²) >= 11 is 1.47. The first-order chi connectivity index (χ1) is 8.27. The molecule has 0 aliphatic heterocycles. The van der Waals surface area contributed by atoms with Crippen LogP contribution in [0.1, 0.15) is 10.6 Å². The number of thioether (sulfide) groups is 1. The van der Waals surface area contributed by atoms with Crippen LogP contribution in [-0.2, 0) is 4.74 Å². The first-order valence-electron chi connectivity index (χ1n) is 5.39. The minimum absolute atomic E-state index is 0.182. The van der Waals surface area contributed by atoms with E-state index in [9.17, 15) is 4.79 Å². The summed E-state index contributed by atoms with van der Waals surface area (Å²) in [5.41, 5.74) is 0. The van der Waals surface area contributed by atoms with Gasteiger partial charge >= 0.3 is 0 Å². The number of carbonyl (C=O) groups is 1. The van der Waals surface area contributed by atoms with Crippen LogP contribution in [0.2, 0.25) is 0 Å². The van der Waals surface area contributed by atoms with Crippen LogP contribution in [0.15, 0.2) is 21.6 Å². The Bertz CT molecular complexity index is 341. The zero-order valence-electron chi connectivity index (χ0n) is 10.1. The Balaban J connectivity index is 2.16. The summed E-state index contributed by atoms with van der Waals surface area (Å²) in [6, 6.07) is 3.47. The van der Waals surface area contributed by atoms with Crippen LogP contribution in [0.3, 0.4) is 0 Å². The molecule has 1 rings (SSSR count). The topological polar surface area (TPSA) is 63.5 Å². The largest absolute Gasteiger partial charge is 0.445 e. The van der Waals surface area contributed by atoms with Gasteiger partial charge in [0.1, 0.15) is 0 Å². The second-order valence-corrected chi connectivity index (χ2v) is 4.13. The molecule has 6 heteroatoms. The third-order valence-corrected chi connectivity index (χ3v) is 2.70. The Morgan fingerprint density at radius 1 is 1.41 bits per heavy atom. The van der Waals surface area contributed by atoms with Gasteiger partial charge in [0.2, 0.25) is 0 Å². The van der Waals surface area contributed by atoms with Crippen molar-refractivity contribution in [2.75, 3.05) is 39.6 Å². The lowest BCUT2D eigenvalue weighted by Crippen LogP contribution is -2.32. The zero-order chi connectivity index (χ0) is 12.5. The third-order valence-electron chi connectivity index (χ3n) is 2.08. The molecule has 0 saturated carbocycles. The van der Waals surface area contributed by atoms with Gasteiger partial charge in [-0.1, -0.05) is 11.8 Å². The normalized spacial score (nSPS) is 10.5. The Kier molecular flexibility index (Phi) is 6.76. The van der Waals surface area contributed by atoms with Gasteiger partial charge < -0.3 is 19.8 Å². The molecule has 17 heavy (non-hydrogen) atoms. The Labute approximate surface area is 105 Å². The number of rotatable bonds is 8. The molecule has 0 unspecified atom stereocenters. The summed E-state index contributed by atoms with van der Waals surface area (Å²) in [7, 11) is 1.66. The molecule has 0 atom stereocenters. The first kappa shape index (κ1) is 14.1. The zero-order valence-corrected chi connectivity index (χ0v) is 10.9. The number of carbonyl (C=O) groups excluding carboxylic acids is 1. The number of ether oxygens (including phenoxy) is 1. The molecular formula is C11H18N2O3S. The van der Waals surface area contributed by atoms with Gasteiger partial charge in [-0.05, 0) is 18.4 Å². The lowest BCUT2D eigenvalue weighted by atomic mass is 10.4. The van der Waals surface area contributed by atoms with Crippen LogP contribution < -0.4 is 10.6 Å². The lowest BCUT2D eigenvalue weighted by Gasteiger charge is -2.04. The fourth-order valence-electron chi connectivity index (χ4n) is 1.20. The van der Waals surface area contributed by atoms with E-state index in [1.807, 2.05) is 6.26 Å². The fraction of sp³-hybridized carbons (Fsp3) is 0.545.